The molecule has 3 N–H and O–H groups in total. The number of hydrogen-bond acceptors (Lipinski definition) is 3. The van der Waals surface area contributed by atoms with Crippen LogP contribution in [0.1, 0.15) is 26.2 Å². The maximum Gasteiger partial charge on any atom is 0.241 e. The van der Waals surface area contributed by atoms with Crippen molar-refractivity contribution in [1.29, 1.82) is 0 Å². The zero-order valence-corrected chi connectivity index (χ0v) is 10.0. The molecule has 0 heterocycles. The highest BCUT2D eigenvalue weighted by Crippen LogP contribution is 2.23. The van der Waals surface area contributed by atoms with E-state index in [4.69, 9.17) is 5.73 Å². The maximum atomic E-state index is 11.7. The van der Waals surface area contributed by atoms with Gasteiger partial charge in [0.25, 0.3) is 0 Å². The van der Waals surface area contributed by atoms with Gasteiger partial charge in [0.2, 0.25) is 11.8 Å². The Morgan fingerprint density at radius 3 is 2.62 bits per heavy atom. The number of nitrogens with one attached hydrogen (secondary N) is 1. The fraction of sp³-hybridized carbons (Fsp3) is 0.818. The summed E-state index contributed by atoms with van der Waals surface area (Å²) in [5, 5.41) is 2.67. The molecule has 5 heteroatoms. The monoisotopic (exact) mass is 227 g/mol. The molecule has 0 aliphatic heterocycles. The Labute approximate surface area is 96.4 Å². The minimum absolute atomic E-state index is 0.00488. The van der Waals surface area contributed by atoms with Crippen LogP contribution in [0, 0.1) is 5.92 Å². The lowest BCUT2D eigenvalue weighted by molar-refractivity contribution is -0.132. The molecular formula is C11H21N3O2. The van der Waals surface area contributed by atoms with E-state index in [9.17, 15) is 9.59 Å². The number of hydrogen-bond donors (Lipinski definition) is 2. The van der Waals surface area contributed by atoms with Crippen molar-refractivity contribution in [2.24, 2.45) is 11.7 Å². The van der Waals surface area contributed by atoms with E-state index in [1.807, 2.05) is 6.92 Å². The molecule has 0 bridgehead atoms. The Balaban J connectivity index is 2.27. The van der Waals surface area contributed by atoms with E-state index in [2.05, 4.69) is 5.32 Å². The fourth-order valence-corrected chi connectivity index (χ4v) is 1.87. The molecule has 0 aromatic carbocycles. The van der Waals surface area contributed by atoms with Gasteiger partial charge in [-0.25, -0.2) is 0 Å². The summed E-state index contributed by atoms with van der Waals surface area (Å²) < 4.78 is 0. The van der Waals surface area contributed by atoms with Crippen LogP contribution in [0.4, 0.5) is 0 Å². The van der Waals surface area contributed by atoms with Gasteiger partial charge in [-0.15, -0.1) is 0 Å². The first-order chi connectivity index (χ1) is 7.54. The fourth-order valence-electron chi connectivity index (χ4n) is 1.87. The number of carbonyl (C=O) groups is 2. The lowest BCUT2D eigenvalue weighted by Gasteiger charge is -2.16. The molecule has 92 valence electrons. The van der Waals surface area contributed by atoms with Gasteiger partial charge >= 0.3 is 0 Å². The highest BCUT2D eigenvalue weighted by molar-refractivity contribution is 5.85. The van der Waals surface area contributed by atoms with Gasteiger partial charge in [-0.1, -0.05) is 0 Å². The average molecular weight is 227 g/mol. The van der Waals surface area contributed by atoms with Crippen LogP contribution < -0.4 is 11.1 Å². The van der Waals surface area contributed by atoms with Crippen molar-refractivity contribution in [1.82, 2.24) is 10.2 Å². The molecule has 2 amide bonds. The zero-order valence-electron chi connectivity index (χ0n) is 10.0. The first kappa shape index (κ1) is 13.0. The van der Waals surface area contributed by atoms with Gasteiger partial charge in [0, 0.05) is 25.6 Å². The number of amides is 2. The number of nitrogens with zero attached hydrogens (tertiary/aromatic N) is 1. The van der Waals surface area contributed by atoms with Gasteiger partial charge in [0.05, 0.1) is 6.54 Å². The first-order valence-corrected chi connectivity index (χ1v) is 5.81. The molecule has 0 radical (unpaired) electrons. The number of carbonyl (C=O) groups excluding carboxylic acids is 2. The molecule has 0 aromatic heterocycles. The minimum Gasteiger partial charge on any atom is -0.347 e. The summed E-state index contributed by atoms with van der Waals surface area (Å²) in [4.78, 5) is 24.7. The van der Waals surface area contributed by atoms with Crippen LogP contribution in [0.15, 0.2) is 0 Å². The second-order valence-electron chi connectivity index (χ2n) is 4.40. The first-order valence-electron chi connectivity index (χ1n) is 5.81. The number of nitrogens with two attached hydrogens (primary N) is 1. The third kappa shape index (κ3) is 3.48. The summed E-state index contributed by atoms with van der Waals surface area (Å²) in [6.07, 6.45) is 2.48. The topological polar surface area (TPSA) is 75.4 Å². The van der Waals surface area contributed by atoms with E-state index < -0.39 is 0 Å². The predicted molar refractivity (Wildman–Crippen MR) is 61.6 cm³/mol. The van der Waals surface area contributed by atoms with Gasteiger partial charge in [0.1, 0.15) is 0 Å². The molecule has 5 nitrogen and oxygen atoms in total. The third-order valence-electron chi connectivity index (χ3n) is 3.16. The summed E-state index contributed by atoms with van der Waals surface area (Å²) >= 11 is 0. The summed E-state index contributed by atoms with van der Waals surface area (Å²) in [5.41, 5.74) is 5.73. The van der Waals surface area contributed by atoms with Crippen molar-refractivity contribution in [3.63, 3.8) is 0 Å². The molecule has 0 spiro atoms. The number of likely N-dealkylation sites (N-methyl/N-ethyl adjacent to an activating group) is 1. The van der Waals surface area contributed by atoms with Crippen LogP contribution in [0.25, 0.3) is 0 Å². The SMILES string of the molecule is CCN(C)C(=O)CNC(=O)C1CCC(N)C1. The molecule has 1 saturated carbocycles. The van der Waals surface area contributed by atoms with Crippen molar-refractivity contribution < 1.29 is 9.59 Å². The van der Waals surface area contributed by atoms with E-state index in [-0.39, 0.29) is 30.3 Å². The molecule has 1 rings (SSSR count). The second kappa shape index (κ2) is 5.84. The lowest BCUT2D eigenvalue weighted by atomic mass is 10.1. The van der Waals surface area contributed by atoms with Gasteiger partial charge in [0.15, 0.2) is 0 Å². The Morgan fingerprint density at radius 2 is 2.12 bits per heavy atom. The van der Waals surface area contributed by atoms with E-state index >= 15 is 0 Å². The van der Waals surface area contributed by atoms with E-state index in [0.717, 1.165) is 19.3 Å². The maximum absolute atomic E-state index is 11.7. The minimum atomic E-state index is -0.0573. The average Bonchev–Trinajstić information content (AvgIpc) is 2.71. The summed E-state index contributed by atoms with van der Waals surface area (Å²) in [6, 6.07) is 0.143. The molecule has 1 aliphatic carbocycles. The molecular weight excluding hydrogens is 206 g/mol. The lowest BCUT2D eigenvalue weighted by Crippen LogP contribution is -2.40. The van der Waals surface area contributed by atoms with Crippen LogP contribution in [0.3, 0.4) is 0 Å². The van der Waals surface area contributed by atoms with Crippen molar-refractivity contribution in [3.05, 3.63) is 0 Å². The predicted octanol–water partition coefficient (Wildman–Crippen LogP) is -0.292. The van der Waals surface area contributed by atoms with Crippen molar-refractivity contribution in [2.45, 2.75) is 32.2 Å². The number of rotatable bonds is 4. The van der Waals surface area contributed by atoms with Crippen LogP contribution >= 0.6 is 0 Å². The Kier molecular flexibility index (Phi) is 4.73. The Hall–Kier alpha value is -1.10. The van der Waals surface area contributed by atoms with E-state index in [0.29, 0.717) is 6.54 Å². The molecule has 0 saturated heterocycles. The van der Waals surface area contributed by atoms with Crippen molar-refractivity contribution in [2.75, 3.05) is 20.1 Å². The quantitative estimate of drug-likeness (QED) is 0.693. The van der Waals surface area contributed by atoms with Crippen LogP contribution in [0.5, 0.6) is 0 Å². The zero-order chi connectivity index (χ0) is 12.1. The normalized spacial score (nSPS) is 24.2. The molecule has 1 fully saturated rings. The summed E-state index contributed by atoms with van der Waals surface area (Å²) in [6.45, 7) is 2.65. The smallest absolute Gasteiger partial charge is 0.241 e. The van der Waals surface area contributed by atoms with Crippen molar-refractivity contribution >= 4 is 11.8 Å². The van der Waals surface area contributed by atoms with Gasteiger partial charge in [-0.05, 0) is 26.2 Å². The van der Waals surface area contributed by atoms with E-state index in [1.54, 1.807) is 11.9 Å². The van der Waals surface area contributed by atoms with Gasteiger partial charge in [-0.3, -0.25) is 9.59 Å². The molecule has 2 atom stereocenters. The second-order valence-corrected chi connectivity index (χ2v) is 4.40. The highest BCUT2D eigenvalue weighted by Gasteiger charge is 2.27. The van der Waals surface area contributed by atoms with Gasteiger partial charge in [-0.2, -0.15) is 0 Å². The summed E-state index contributed by atoms with van der Waals surface area (Å²) in [5.74, 6) is -0.0984. The van der Waals surface area contributed by atoms with Gasteiger partial charge < -0.3 is 16.0 Å². The summed E-state index contributed by atoms with van der Waals surface area (Å²) in [7, 11) is 1.72. The van der Waals surface area contributed by atoms with Crippen LogP contribution in [-0.2, 0) is 9.59 Å². The molecule has 16 heavy (non-hydrogen) atoms. The van der Waals surface area contributed by atoms with Crippen LogP contribution in [0.2, 0.25) is 0 Å². The molecule has 0 aromatic rings. The standard InChI is InChI=1S/C11H21N3O2/c1-3-14(2)10(15)7-13-11(16)8-4-5-9(12)6-8/h8-9H,3-7,12H2,1-2H3,(H,13,16). The Morgan fingerprint density at radius 1 is 1.44 bits per heavy atom. The Bertz CT molecular complexity index is 268. The third-order valence-corrected chi connectivity index (χ3v) is 3.16. The molecule has 2 unspecified atom stereocenters. The highest BCUT2D eigenvalue weighted by atomic mass is 16.2. The van der Waals surface area contributed by atoms with Crippen LogP contribution in [-0.4, -0.2) is 42.9 Å². The molecule has 1 aliphatic rings. The van der Waals surface area contributed by atoms with E-state index in [1.165, 1.54) is 0 Å². The van der Waals surface area contributed by atoms with Crippen molar-refractivity contribution in [3.8, 4) is 0 Å². The largest absolute Gasteiger partial charge is 0.347 e.